The van der Waals surface area contributed by atoms with E-state index in [9.17, 15) is 4.79 Å². The molecular weight excluding hydrogens is 302 g/mol. The molecule has 3 heterocycles. The number of carbonyl (C=O) groups excluding carboxylic acids is 1. The number of hydrogen-bond acceptors (Lipinski definition) is 4. The lowest BCUT2D eigenvalue weighted by Gasteiger charge is -2.08. The maximum Gasteiger partial charge on any atom is 0.266 e. The van der Waals surface area contributed by atoms with E-state index in [2.05, 4.69) is 15.5 Å². The average Bonchev–Trinajstić information content (AvgIpc) is 3.11. The highest BCUT2D eigenvalue weighted by atomic mass is 32.2. The summed E-state index contributed by atoms with van der Waals surface area (Å²) in [5.41, 5.74) is 2.24. The number of nitrogens with one attached hydrogen (secondary N) is 2. The number of fused-ring (bicyclic) bond motifs is 2. The summed E-state index contributed by atoms with van der Waals surface area (Å²) in [5, 5.41) is 11.0. The van der Waals surface area contributed by atoms with Crippen LogP contribution < -0.4 is 5.32 Å². The van der Waals surface area contributed by atoms with Crippen molar-refractivity contribution in [1.82, 2.24) is 10.2 Å². The molecule has 0 bridgehead atoms. The van der Waals surface area contributed by atoms with Crippen LogP contribution in [0.3, 0.4) is 0 Å². The zero-order valence-electron chi connectivity index (χ0n) is 11.2. The van der Waals surface area contributed by atoms with Gasteiger partial charge in [-0.25, -0.2) is 0 Å². The minimum Gasteiger partial charge on any atom is -0.304 e. The Bertz CT molecular complexity index is 798. The molecule has 0 saturated carbocycles. The number of amides is 1. The Morgan fingerprint density at radius 1 is 1.33 bits per heavy atom. The lowest BCUT2D eigenvalue weighted by atomic mass is 10.2. The number of benzene rings is 1. The molecule has 3 aromatic rings. The molecule has 0 aliphatic carbocycles. The van der Waals surface area contributed by atoms with Gasteiger partial charge in [0.15, 0.2) is 5.82 Å². The molecule has 6 heteroatoms. The summed E-state index contributed by atoms with van der Waals surface area (Å²) in [6, 6.07) is 9.80. The highest BCUT2D eigenvalue weighted by molar-refractivity contribution is 7.98. The molecule has 0 atom stereocenters. The van der Waals surface area contributed by atoms with Gasteiger partial charge in [-0.05, 0) is 35.9 Å². The van der Waals surface area contributed by atoms with Crippen molar-refractivity contribution >= 4 is 45.7 Å². The van der Waals surface area contributed by atoms with E-state index in [1.807, 2.05) is 42.1 Å². The normalized spacial score (nSPS) is 14.1. The molecule has 4 rings (SSSR count). The van der Waals surface area contributed by atoms with Crippen LogP contribution in [0.5, 0.6) is 0 Å². The molecule has 2 aromatic heterocycles. The highest BCUT2D eigenvalue weighted by Crippen LogP contribution is 2.32. The number of anilines is 1. The number of H-pyrrole nitrogens is 1. The van der Waals surface area contributed by atoms with Crippen molar-refractivity contribution in [2.45, 2.75) is 12.2 Å². The van der Waals surface area contributed by atoms with Gasteiger partial charge < -0.3 is 5.32 Å². The van der Waals surface area contributed by atoms with Crippen molar-refractivity contribution < 1.29 is 4.79 Å². The van der Waals surface area contributed by atoms with E-state index in [0.717, 1.165) is 33.7 Å². The molecule has 1 aliphatic rings. The standard InChI is InChI=1S/C15H13N3OS2/c19-15(13-7-9-8-20-6-5-12(9)21-13)16-14-10-3-1-2-4-11(10)17-18-14/h1-4,7H,5-6,8H2,(H2,16,17,18,19). The monoisotopic (exact) mass is 315 g/mol. The van der Waals surface area contributed by atoms with Crippen LogP contribution in [-0.4, -0.2) is 21.9 Å². The van der Waals surface area contributed by atoms with Crippen LogP contribution in [0.15, 0.2) is 30.3 Å². The number of aromatic amines is 1. The number of para-hydroxylation sites is 1. The summed E-state index contributed by atoms with van der Waals surface area (Å²) in [6.45, 7) is 0. The SMILES string of the molecule is O=C(Nc1n[nH]c2ccccc12)c1cc2c(s1)CCSC2. The first-order chi connectivity index (χ1) is 10.3. The Morgan fingerprint density at radius 3 is 3.14 bits per heavy atom. The lowest BCUT2D eigenvalue weighted by molar-refractivity contribution is 0.103. The first-order valence-corrected chi connectivity index (χ1v) is 8.72. The molecule has 0 unspecified atom stereocenters. The van der Waals surface area contributed by atoms with E-state index < -0.39 is 0 Å². The summed E-state index contributed by atoms with van der Waals surface area (Å²) < 4.78 is 0. The first-order valence-electron chi connectivity index (χ1n) is 6.75. The van der Waals surface area contributed by atoms with Crippen LogP contribution in [0, 0.1) is 0 Å². The van der Waals surface area contributed by atoms with E-state index >= 15 is 0 Å². The van der Waals surface area contributed by atoms with Gasteiger partial charge in [-0.15, -0.1) is 11.3 Å². The Labute approximate surface area is 129 Å². The number of aryl methyl sites for hydroxylation is 1. The number of rotatable bonds is 2. The molecule has 2 N–H and O–H groups in total. The summed E-state index contributed by atoms with van der Waals surface area (Å²) in [7, 11) is 0. The fraction of sp³-hybridized carbons (Fsp3) is 0.200. The van der Waals surface area contributed by atoms with Crippen LogP contribution in [0.4, 0.5) is 5.82 Å². The second-order valence-corrected chi connectivity index (χ2v) is 7.18. The zero-order chi connectivity index (χ0) is 14.2. The Morgan fingerprint density at radius 2 is 2.24 bits per heavy atom. The molecule has 0 saturated heterocycles. The van der Waals surface area contributed by atoms with E-state index in [4.69, 9.17) is 0 Å². The quantitative estimate of drug-likeness (QED) is 0.758. The number of thiophene rings is 1. The molecule has 0 radical (unpaired) electrons. The molecule has 1 aromatic carbocycles. The second kappa shape index (κ2) is 5.20. The maximum atomic E-state index is 12.4. The minimum atomic E-state index is -0.0725. The third-order valence-corrected chi connectivity index (χ3v) is 5.80. The van der Waals surface area contributed by atoms with Gasteiger partial charge in [-0.1, -0.05) is 12.1 Å². The van der Waals surface area contributed by atoms with Crippen molar-refractivity contribution in [2.24, 2.45) is 0 Å². The van der Waals surface area contributed by atoms with Gasteiger partial charge in [0.2, 0.25) is 0 Å². The molecule has 21 heavy (non-hydrogen) atoms. The van der Waals surface area contributed by atoms with Crippen LogP contribution in [0.2, 0.25) is 0 Å². The maximum absolute atomic E-state index is 12.4. The molecule has 4 nitrogen and oxygen atoms in total. The Hall–Kier alpha value is -1.79. The van der Waals surface area contributed by atoms with E-state index in [-0.39, 0.29) is 5.91 Å². The van der Waals surface area contributed by atoms with Gasteiger partial charge in [0.25, 0.3) is 5.91 Å². The average molecular weight is 315 g/mol. The van der Waals surface area contributed by atoms with Crippen molar-refractivity contribution in [3.63, 3.8) is 0 Å². The summed E-state index contributed by atoms with van der Waals surface area (Å²) in [5.74, 6) is 2.69. The summed E-state index contributed by atoms with van der Waals surface area (Å²) >= 11 is 3.53. The smallest absolute Gasteiger partial charge is 0.266 e. The van der Waals surface area contributed by atoms with E-state index in [0.29, 0.717) is 5.82 Å². The minimum absolute atomic E-state index is 0.0725. The van der Waals surface area contributed by atoms with Gasteiger partial charge >= 0.3 is 0 Å². The molecule has 0 spiro atoms. The number of hydrogen-bond donors (Lipinski definition) is 2. The number of thioether (sulfide) groups is 1. The Balaban J connectivity index is 1.62. The molecule has 1 aliphatic heterocycles. The number of nitrogens with zero attached hydrogens (tertiary/aromatic N) is 1. The van der Waals surface area contributed by atoms with Gasteiger partial charge in [0.1, 0.15) is 0 Å². The van der Waals surface area contributed by atoms with Gasteiger partial charge in [0.05, 0.1) is 10.4 Å². The molecule has 0 fully saturated rings. The zero-order valence-corrected chi connectivity index (χ0v) is 12.8. The first kappa shape index (κ1) is 12.9. The van der Waals surface area contributed by atoms with Crippen molar-refractivity contribution in [2.75, 3.05) is 11.1 Å². The third-order valence-electron chi connectivity index (χ3n) is 3.55. The van der Waals surface area contributed by atoms with Gasteiger partial charge in [-0.2, -0.15) is 16.9 Å². The van der Waals surface area contributed by atoms with Crippen LogP contribution in [0.1, 0.15) is 20.1 Å². The highest BCUT2D eigenvalue weighted by Gasteiger charge is 2.18. The lowest BCUT2D eigenvalue weighted by Crippen LogP contribution is -2.10. The predicted octanol–water partition coefficient (Wildman–Crippen LogP) is 3.67. The van der Waals surface area contributed by atoms with E-state index in [1.165, 1.54) is 10.4 Å². The van der Waals surface area contributed by atoms with Gasteiger partial charge in [0, 0.05) is 16.0 Å². The molecule has 106 valence electrons. The van der Waals surface area contributed by atoms with Crippen LogP contribution >= 0.6 is 23.1 Å². The Kier molecular flexibility index (Phi) is 3.20. The number of carbonyl (C=O) groups is 1. The van der Waals surface area contributed by atoms with Gasteiger partial charge in [-0.3, -0.25) is 9.89 Å². The number of aromatic nitrogens is 2. The van der Waals surface area contributed by atoms with E-state index in [1.54, 1.807) is 11.3 Å². The molecular formula is C15H13N3OS2. The molecule has 1 amide bonds. The topological polar surface area (TPSA) is 57.8 Å². The third kappa shape index (κ3) is 2.34. The summed E-state index contributed by atoms with van der Waals surface area (Å²) in [4.78, 5) is 14.5. The second-order valence-electron chi connectivity index (χ2n) is 4.93. The van der Waals surface area contributed by atoms with Crippen LogP contribution in [-0.2, 0) is 12.2 Å². The van der Waals surface area contributed by atoms with Crippen LogP contribution in [0.25, 0.3) is 10.9 Å². The van der Waals surface area contributed by atoms with Crippen molar-refractivity contribution in [3.8, 4) is 0 Å². The predicted molar refractivity (Wildman–Crippen MR) is 88.2 cm³/mol. The fourth-order valence-electron chi connectivity index (χ4n) is 2.49. The van der Waals surface area contributed by atoms with Crippen molar-refractivity contribution in [3.05, 3.63) is 45.6 Å². The largest absolute Gasteiger partial charge is 0.304 e. The summed E-state index contributed by atoms with van der Waals surface area (Å²) in [6.07, 6.45) is 1.07. The fourth-order valence-corrected chi connectivity index (χ4v) is 4.75. The van der Waals surface area contributed by atoms with Crippen molar-refractivity contribution in [1.29, 1.82) is 0 Å².